The molecule has 1 aromatic rings. The number of nitrogens with one attached hydrogen (secondary N) is 1. The monoisotopic (exact) mass is 271 g/mol. The Bertz CT molecular complexity index is 451. The van der Waals surface area contributed by atoms with Crippen molar-refractivity contribution < 1.29 is 0 Å². The van der Waals surface area contributed by atoms with Gasteiger partial charge in [0.05, 0.1) is 6.07 Å². The van der Waals surface area contributed by atoms with Gasteiger partial charge in [-0.3, -0.25) is 5.32 Å². The van der Waals surface area contributed by atoms with Crippen LogP contribution in [0, 0.1) is 11.3 Å². The minimum absolute atomic E-state index is 0.389. The van der Waals surface area contributed by atoms with Gasteiger partial charge in [-0.05, 0) is 44.3 Å². The van der Waals surface area contributed by atoms with Gasteiger partial charge in [-0.1, -0.05) is 37.3 Å². The second kappa shape index (κ2) is 6.88. The van der Waals surface area contributed by atoms with Gasteiger partial charge in [0.15, 0.2) is 0 Å². The Morgan fingerprint density at radius 3 is 2.80 bits per heavy atom. The fraction of sp³-hybridized carbons (Fsp3) is 0.588. The zero-order valence-corrected chi connectivity index (χ0v) is 12.6. The van der Waals surface area contributed by atoms with E-state index in [0.29, 0.717) is 5.92 Å². The summed E-state index contributed by atoms with van der Waals surface area (Å²) in [5, 5.41) is 12.6. The number of hydrogen-bond donors (Lipinski definition) is 1. The zero-order valence-electron chi connectivity index (χ0n) is 12.6. The highest BCUT2D eigenvalue weighted by atomic mass is 15.1. The molecule has 2 rings (SSSR count). The highest BCUT2D eigenvalue weighted by Gasteiger charge is 2.27. The van der Waals surface area contributed by atoms with Gasteiger partial charge in [-0.15, -0.1) is 0 Å². The number of nitrogens with zero attached hydrogens (tertiary/aromatic N) is 2. The maximum atomic E-state index is 9.29. The van der Waals surface area contributed by atoms with E-state index in [2.05, 4.69) is 53.5 Å². The smallest absolute Gasteiger partial charge is 0.105 e. The quantitative estimate of drug-likeness (QED) is 0.864. The zero-order chi connectivity index (χ0) is 14.4. The van der Waals surface area contributed by atoms with Crippen molar-refractivity contribution in [3.8, 4) is 6.07 Å². The third kappa shape index (κ3) is 3.82. The van der Waals surface area contributed by atoms with E-state index in [-0.39, 0.29) is 5.54 Å². The topological polar surface area (TPSA) is 39.1 Å². The predicted octanol–water partition coefficient (Wildman–Crippen LogP) is 2.76. The first kappa shape index (κ1) is 15.0. The molecule has 0 aliphatic carbocycles. The van der Waals surface area contributed by atoms with Crippen molar-refractivity contribution in [2.45, 2.75) is 38.1 Å². The number of likely N-dealkylation sites (tertiary alicyclic amines) is 1. The third-order valence-corrected chi connectivity index (χ3v) is 4.29. The lowest BCUT2D eigenvalue weighted by atomic mass is 9.98. The van der Waals surface area contributed by atoms with Gasteiger partial charge in [0.25, 0.3) is 0 Å². The molecule has 1 aliphatic rings. The Morgan fingerprint density at radius 2 is 2.15 bits per heavy atom. The van der Waals surface area contributed by atoms with Crippen LogP contribution in [-0.2, 0) is 0 Å². The highest BCUT2D eigenvalue weighted by Crippen LogP contribution is 2.27. The molecule has 2 atom stereocenters. The molecule has 1 aromatic carbocycles. The van der Waals surface area contributed by atoms with Crippen LogP contribution in [0.25, 0.3) is 0 Å². The standard InChI is InChI=1S/C17H25N3/c1-3-19-17(2,14-18)10-12-20-11-9-16(13-20)15-7-5-4-6-8-15/h4-8,16,19H,3,9-13H2,1-2H3. The van der Waals surface area contributed by atoms with E-state index in [1.54, 1.807) is 0 Å². The van der Waals surface area contributed by atoms with Gasteiger partial charge in [0, 0.05) is 13.1 Å². The summed E-state index contributed by atoms with van der Waals surface area (Å²) in [5.74, 6) is 0.656. The third-order valence-electron chi connectivity index (χ3n) is 4.29. The first-order chi connectivity index (χ1) is 9.67. The Hall–Kier alpha value is -1.37. The van der Waals surface area contributed by atoms with Gasteiger partial charge in [0.2, 0.25) is 0 Å². The lowest BCUT2D eigenvalue weighted by Gasteiger charge is -2.25. The summed E-state index contributed by atoms with van der Waals surface area (Å²) >= 11 is 0. The maximum absolute atomic E-state index is 9.29. The fourth-order valence-corrected chi connectivity index (χ4v) is 2.99. The van der Waals surface area contributed by atoms with E-state index in [1.807, 2.05) is 6.92 Å². The SMILES string of the molecule is CCNC(C)(C#N)CCN1CCC(c2ccccc2)C1. The van der Waals surface area contributed by atoms with Crippen molar-refractivity contribution in [1.82, 2.24) is 10.2 Å². The van der Waals surface area contributed by atoms with E-state index in [4.69, 9.17) is 0 Å². The van der Waals surface area contributed by atoms with Crippen LogP contribution in [0.3, 0.4) is 0 Å². The van der Waals surface area contributed by atoms with Crippen LogP contribution in [0.4, 0.5) is 0 Å². The molecule has 0 radical (unpaired) electrons. The van der Waals surface area contributed by atoms with Crippen molar-refractivity contribution >= 4 is 0 Å². The average molecular weight is 271 g/mol. The van der Waals surface area contributed by atoms with E-state index in [9.17, 15) is 5.26 Å². The Morgan fingerprint density at radius 1 is 1.40 bits per heavy atom. The van der Waals surface area contributed by atoms with Gasteiger partial charge in [-0.25, -0.2) is 0 Å². The molecule has 1 fully saturated rings. The molecule has 1 heterocycles. The van der Waals surface area contributed by atoms with Crippen molar-refractivity contribution in [3.63, 3.8) is 0 Å². The molecular formula is C17H25N3. The highest BCUT2D eigenvalue weighted by molar-refractivity contribution is 5.21. The molecule has 108 valence electrons. The van der Waals surface area contributed by atoms with Crippen LogP contribution < -0.4 is 5.32 Å². The van der Waals surface area contributed by atoms with Crippen LogP contribution in [0.2, 0.25) is 0 Å². The summed E-state index contributed by atoms with van der Waals surface area (Å²) in [4.78, 5) is 2.49. The molecule has 1 N–H and O–H groups in total. The van der Waals surface area contributed by atoms with Crippen LogP contribution in [0.15, 0.2) is 30.3 Å². The van der Waals surface area contributed by atoms with Gasteiger partial charge in [0.1, 0.15) is 5.54 Å². The summed E-state index contributed by atoms with van der Waals surface area (Å²) in [6, 6.07) is 13.2. The molecule has 0 amide bonds. The predicted molar refractivity (Wildman–Crippen MR) is 82.6 cm³/mol. The molecule has 20 heavy (non-hydrogen) atoms. The van der Waals surface area contributed by atoms with E-state index in [1.165, 1.54) is 12.0 Å². The molecule has 0 aromatic heterocycles. The van der Waals surface area contributed by atoms with Crippen LogP contribution in [-0.4, -0.2) is 36.6 Å². The van der Waals surface area contributed by atoms with Crippen LogP contribution in [0.1, 0.15) is 38.2 Å². The second-order valence-electron chi connectivity index (χ2n) is 5.92. The molecular weight excluding hydrogens is 246 g/mol. The summed E-state index contributed by atoms with van der Waals surface area (Å²) in [6.07, 6.45) is 2.12. The lowest BCUT2D eigenvalue weighted by Crippen LogP contribution is -2.43. The van der Waals surface area contributed by atoms with Crippen molar-refractivity contribution in [2.24, 2.45) is 0 Å². The average Bonchev–Trinajstić information content (AvgIpc) is 2.95. The minimum atomic E-state index is -0.389. The molecule has 0 bridgehead atoms. The van der Waals surface area contributed by atoms with E-state index in [0.717, 1.165) is 32.6 Å². The summed E-state index contributed by atoms with van der Waals surface area (Å²) < 4.78 is 0. The number of rotatable bonds is 6. The minimum Gasteiger partial charge on any atom is -0.303 e. The first-order valence-electron chi connectivity index (χ1n) is 7.60. The van der Waals surface area contributed by atoms with Crippen molar-refractivity contribution in [1.29, 1.82) is 5.26 Å². The van der Waals surface area contributed by atoms with Gasteiger partial charge < -0.3 is 4.90 Å². The van der Waals surface area contributed by atoms with Crippen LogP contribution >= 0.6 is 0 Å². The number of benzene rings is 1. The Kier molecular flexibility index (Phi) is 5.17. The summed E-state index contributed by atoms with van der Waals surface area (Å²) in [6.45, 7) is 8.17. The number of hydrogen-bond acceptors (Lipinski definition) is 3. The van der Waals surface area contributed by atoms with Crippen LogP contribution in [0.5, 0.6) is 0 Å². The van der Waals surface area contributed by atoms with Crippen molar-refractivity contribution in [3.05, 3.63) is 35.9 Å². The molecule has 0 spiro atoms. The molecule has 3 heteroatoms. The molecule has 2 unspecified atom stereocenters. The lowest BCUT2D eigenvalue weighted by molar-refractivity contribution is 0.289. The van der Waals surface area contributed by atoms with E-state index < -0.39 is 0 Å². The molecule has 3 nitrogen and oxygen atoms in total. The molecule has 0 saturated carbocycles. The molecule has 1 aliphatic heterocycles. The largest absolute Gasteiger partial charge is 0.303 e. The Labute approximate surface area is 122 Å². The van der Waals surface area contributed by atoms with Gasteiger partial charge in [-0.2, -0.15) is 5.26 Å². The maximum Gasteiger partial charge on any atom is 0.105 e. The Balaban J connectivity index is 1.84. The fourth-order valence-electron chi connectivity index (χ4n) is 2.99. The second-order valence-corrected chi connectivity index (χ2v) is 5.92. The summed E-state index contributed by atoms with van der Waals surface area (Å²) in [5.41, 5.74) is 1.06. The number of nitriles is 1. The first-order valence-corrected chi connectivity index (χ1v) is 7.60. The van der Waals surface area contributed by atoms with Gasteiger partial charge >= 0.3 is 0 Å². The van der Waals surface area contributed by atoms with E-state index >= 15 is 0 Å². The summed E-state index contributed by atoms with van der Waals surface area (Å²) in [7, 11) is 0. The normalized spacial score (nSPS) is 22.4. The molecule has 1 saturated heterocycles. The van der Waals surface area contributed by atoms with Crippen molar-refractivity contribution in [2.75, 3.05) is 26.2 Å².